The molecule has 0 unspecified atom stereocenters. The Labute approximate surface area is 131 Å². The predicted octanol–water partition coefficient (Wildman–Crippen LogP) is 5.76. The van der Waals surface area contributed by atoms with E-state index < -0.39 is 0 Å². The molecule has 1 saturated heterocycles. The van der Waals surface area contributed by atoms with E-state index in [4.69, 9.17) is 0 Å². The van der Waals surface area contributed by atoms with Gasteiger partial charge in [0.05, 0.1) is 0 Å². The van der Waals surface area contributed by atoms with Gasteiger partial charge < -0.3 is 4.90 Å². The molecule has 0 atom stereocenters. The van der Waals surface area contributed by atoms with Gasteiger partial charge in [-0.3, -0.25) is 0 Å². The fourth-order valence-corrected chi connectivity index (χ4v) is 2.87. The lowest BCUT2D eigenvalue weighted by Gasteiger charge is -2.25. The minimum Gasteiger partial charge on any atom is -0.375 e. The fraction of sp³-hybridized carbons (Fsp3) is 0.500. The molecule has 21 heavy (non-hydrogen) atoms. The van der Waals surface area contributed by atoms with Crippen LogP contribution in [0, 0.1) is 12.8 Å². The Morgan fingerprint density at radius 3 is 2.33 bits per heavy atom. The summed E-state index contributed by atoms with van der Waals surface area (Å²) in [6.45, 7) is 17.1. The predicted molar refractivity (Wildman–Crippen MR) is 96.2 cm³/mol. The van der Waals surface area contributed by atoms with Crippen LogP contribution in [0.3, 0.4) is 0 Å². The minimum absolute atomic E-state index is 0.566. The molecule has 1 nitrogen and oxygen atoms in total. The van der Waals surface area contributed by atoms with Crippen molar-refractivity contribution in [3.05, 3.63) is 47.2 Å². The van der Waals surface area contributed by atoms with Gasteiger partial charge in [0.15, 0.2) is 0 Å². The van der Waals surface area contributed by atoms with Gasteiger partial charge in [-0.25, -0.2) is 0 Å². The second kappa shape index (κ2) is 8.71. The zero-order chi connectivity index (χ0) is 15.8. The molecule has 0 saturated carbocycles. The van der Waals surface area contributed by atoms with E-state index in [9.17, 15) is 0 Å². The molecule has 2 rings (SSSR count). The van der Waals surface area contributed by atoms with Gasteiger partial charge in [-0.15, -0.1) is 0 Å². The summed E-state index contributed by atoms with van der Waals surface area (Å²) in [6, 6.07) is 6.48. The Balaban J connectivity index is 0.00000106. The fourth-order valence-electron chi connectivity index (χ4n) is 2.87. The second-order valence-corrected chi connectivity index (χ2v) is 5.70. The van der Waals surface area contributed by atoms with Gasteiger partial charge in [-0.2, -0.15) is 0 Å². The van der Waals surface area contributed by atoms with Gasteiger partial charge in [-0.1, -0.05) is 58.5 Å². The van der Waals surface area contributed by atoms with Crippen LogP contribution in [0.2, 0.25) is 0 Å². The smallest absolute Gasteiger partial charge is 0.0175 e. The minimum atomic E-state index is 0.566. The van der Waals surface area contributed by atoms with Gasteiger partial charge in [0.2, 0.25) is 0 Å². The summed E-state index contributed by atoms with van der Waals surface area (Å²) in [5.74, 6) is 0.566. The summed E-state index contributed by atoms with van der Waals surface area (Å²) in [7, 11) is 0. The number of nitrogens with zero attached hydrogens (tertiary/aromatic N) is 1. The Kier molecular flexibility index (Phi) is 7.28. The molecular weight excluding hydrogens is 254 g/mol. The van der Waals surface area contributed by atoms with E-state index in [1.807, 2.05) is 19.9 Å². The van der Waals surface area contributed by atoms with Crippen molar-refractivity contribution in [1.29, 1.82) is 0 Å². The van der Waals surface area contributed by atoms with E-state index in [0.717, 1.165) is 0 Å². The maximum absolute atomic E-state index is 3.96. The van der Waals surface area contributed by atoms with E-state index in [2.05, 4.69) is 56.5 Å². The van der Waals surface area contributed by atoms with Gasteiger partial charge >= 0.3 is 0 Å². The molecule has 1 heterocycles. The van der Waals surface area contributed by atoms with E-state index in [1.165, 1.54) is 48.3 Å². The molecular formula is C20H31N. The highest BCUT2D eigenvalue weighted by Crippen LogP contribution is 2.26. The lowest BCUT2D eigenvalue weighted by Crippen LogP contribution is -2.21. The topological polar surface area (TPSA) is 3.24 Å². The molecule has 1 aliphatic heterocycles. The summed E-state index contributed by atoms with van der Waals surface area (Å²) in [5.41, 5.74) is 5.32. The van der Waals surface area contributed by atoms with Crippen LogP contribution in [-0.2, 0) is 0 Å². The monoisotopic (exact) mass is 285 g/mol. The van der Waals surface area contributed by atoms with Crippen molar-refractivity contribution >= 4 is 12.2 Å². The number of rotatable bonds is 4. The van der Waals surface area contributed by atoms with Gasteiger partial charge in [0.25, 0.3) is 0 Å². The van der Waals surface area contributed by atoms with Crippen molar-refractivity contribution in [2.24, 2.45) is 5.92 Å². The summed E-state index contributed by atoms with van der Waals surface area (Å²) in [6.07, 6.45) is 6.99. The first-order valence-electron chi connectivity index (χ1n) is 8.32. The van der Waals surface area contributed by atoms with E-state index in [1.54, 1.807) is 0 Å². The molecule has 1 aromatic rings. The number of likely N-dealkylation sites (tertiary alicyclic amines) is 1. The Hall–Kier alpha value is -1.50. The number of aryl methyl sites for hydroxylation is 1. The molecule has 1 aromatic carbocycles. The van der Waals surface area contributed by atoms with Crippen LogP contribution in [0.1, 0.15) is 57.2 Å². The summed E-state index contributed by atoms with van der Waals surface area (Å²) in [5, 5.41) is 0. The quantitative estimate of drug-likeness (QED) is 0.680. The van der Waals surface area contributed by atoms with Gasteiger partial charge in [0, 0.05) is 18.8 Å². The molecule has 0 aliphatic carbocycles. The highest BCUT2D eigenvalue weighted by atomic mass is 15.2. The van der Waals surface area contributed by atoms with Crippen LogP contribution in [-0.4, -0.2) is 18.0 Å². The Morgan fingerprint density at radius 2 is 1.81 bits per heavy atom. The molecule has 1 fully saturated rings. The lowest BCUT2D eigenvalue weighted by atomic mass is 9.98. The Morgan fingerprint density at radius 1 is 1.19 bits per heavy atom. The molecule has 116 valence electrons. The van der Waals surface area contributed by atoms with Gasteiger partial charge in [0.1, 0.15) is 0 Å². The highest BCUT2D eigenvalue weighted by molar-refractivity contribution is 5.68. The number of allylic oxidation sites excluding steroid dienone is 1. The maximum atomic E-state index is 3.96. The molecule has 0 radical (unpaired) electrons. The average Bonchev–Trinajstić information content (AvgIpc) is 3.00. The molecule has 0 N–H and O–H groups in total. The van der Waals surface area contributed by atoms with Crippen LogP contribution in [0.5, 0.6) is 0 Å². The molecule has 0 bridgehead atoms. The van der Waals surface area contributed by atoms with Crippen molar-refractivity contribution in [3.63, 3.8) is 0 Å². The number of benzene rings is 1. The SMILES string of the molecule is C=Cc1c(C)cccc1/C=C(\C(C)C)N1CCCC1.CC. The third-order valence-corrected chi connectivity index (χ3v) is 3.93. The highest BCUT2D eigenvalue weighted by Gasteiger charge is 2.17. The number of hydrogen-bond acceptors (Lipinski definition) is 1. The third-order valence-electron chi connectivity index (χ3n) is 3.93. The zero-order valence-corrected chi connectivity index (χ0v) is 14.4. The Bertz CT molecular complexity index is 477. The van der Waals surface area contributed by atoms with Crippen LogP contribution in [0.4, 0.5) is 0 Å². The second-order valence-electron chi connectivity index (χ2n) is 5.70. The summed E-state index contributed by atoms with van der Waals surface area (Å²) < 4.78 is 0. The van der Waals surface area contributed by atoms with Crippen LogP contribution >= 0.6 is 0 Å². The van der Waals surface area contributed by atoms with Crippen LogP contribution in [0.15, 0.2) is 30.5 Å². The third kappa shape index (κ3) is 4.49. The standard InChI is InChI=1S/C18H25N.C2H6/c1-5-17-15(4)9-8-10-16(17)13-18(14(2)3)19-11-6-7-12-19;1-2/h5,8-10,13-14H,1,6-7,11-12H2,2-4H3;1-2H3/b18-13+;. The normalized spacial score (nSPS) is 15.0. The first-order chi connectivity index (χ1) is 10.1. The molecule has 0 aromatic heterocycles. The average molecular weight is 285 g/mol. The van der Waals surface area contributed by atoms with Crippen LogP contribution < -0.4 is 0 Å². The zero-order valence-electron chi connectivity index (χ0n) is 14.4. The van der Waals surface area contributed by atoms with Crippen molar-refractivity contribution in [3.8, 4) is 0 Å². The maximum Gasteiger partial charge on any atom is 0.0175 e. The van der Waals surface area contributed by atoms with Crippen LogP contribution in [0.25, 0.3) is 12.2 Å². The lowest BCUT2D eigenvalue weighted by molar-refractivity contribution is 0.384. The summed E-state index contributed by atoms with van der Waals surface area (Å²) in [4.78, 5) is 2.54. The van der Waals surface area contributed by atoms with Crippen molar-refractivity contribution < 1.29 is 0 Å². The van der Waals surface area contributed by atoms with Crippen molar-refractivity contribution in [2.45, 2.75) is 47.5 Å². The first kappa shape index (κ1) is 17.6. The van der Waals surface area contributed by atoms with E-state index in [-0.39, 0.29) is 0 Å². The van der Waals surface area contributed by atoms with Crippen molar-refractivity contribution in [2.75, 3.05) is 13.1 Å². The number of hydrogen-bond donors (Lipinski definition) is 0. The largest absolute Gasteiger partial charge is 0.375 e. The van der Waals surface area contributed by atoms with E-state index >= 15 is 0 Å². The molecule has 1 heteroatoms. The molecule has 0 amide bonds. The molecule has 1 aliphatic rings. The van der Waals surface area contributed by atoms with E-state index in [0.29, 0.717) is 5.92 Å². The van der Waals surface area contributed by atoms with Crippen molar-refractivity contribution in [1.82, 2.24) is 4.90 Å². The van der Waals surface area contributed by atoms with Gasteiger partial charge in [-0.05, 0) is 48.4 Å². The first-order valence-corrected chi connectivity index (χ1v) is 8.32. The molecule has 0 spiro atoms. The summed E-state index contributed by atoms with van der Waals surface area (Å²) >= 11 is 0.